The van der Waals surface area contributed by atoms with Crippen molar-refractivity contribution in [2.24, 2.45) is 0 Å². The van der Waals surface area contributed by atoms with Crippen LogP contribution in [0.15, 0.2) is 42.5 Å². The van der Waals surface area contributed by atoms with Crippen LogP contribution in [0, 0.1) is 0 Å². The predicted molar refractivity (Wildman–Crippen MR) is 70.0 cm³/mol. The van der Waals surface area contributed by atoms with E-state index >= 15 is 0 Å². The number of carboxylic acid groups (broad SMARTS) is 1. The zero-order valence-electron chi connectivity index (χ0n) is 10.0. The molecular formula is C15H11NO3. The number of aromatic carboxylic acids is 1. The Labute approximate surface area is 109 Å². The lowest BCUT2D eigenvalue weighted by Gasteiger charge is -2.08. The fourth-order valence-corrected chi connectivity index (χ4v) is 2.31. The van der Waals surface area contributed by atoms with Gasteiger partial charge in [0.1, 0.15) is 0 Å². The summed E-state index contributed by atoms with van der Waals surface area (Å²) in [6.07, 6.45) is 0. The van der Waals surface area contributed by atoms with Crippen molar-refractivity contribution in [3.05, 3.63) is 59.2 Å². The van der Waals surface area contributed by atoms with Gasteiger partial charge < -0.3 is 10.4 Å². The minimum absolute atomic E-state index is 0.155. The topological polar surface area (TPSA) is 66.4 Å². The van der Waals surface area contributed by atoms with Gasteiger partial charge in [0, 0.05) is 12.1 Å². The van der Waals surface area contributed by atoms with Crippen molar-refractivity contribution in [2.75, 3.05) is 0 Å². The number of fused-ring (bicyclic) bond motifs is 1. The summed E-state index contributed by atoms with van der Waals surface area (Å²) in [7, 11) is 0. The Kier molecular flexibility index (Phi) is 2.56. The van der Waals surface area contributed by atoms with Crippen LogP contribution in [0.4, 0.5) is 0 Å². The Hall–Kier alpha value is -2.62. The van der Waals surface area contributed by atoms with Crippen LogP contribution in [-0.4, -0.2) is 17.0 Å². The summed E-state index contributed by atoms with van der Waals surface area (Å²) < 4.78 is 0. The molecule has 1 aliphatic rings. The highest BCUT2D eigenvalue weighted by Crippen LogP contribution is 2.29. The molecule has 0 saturated heterocycles. The minimum atomic E-state index is -1.03. The Balaban J connectivity index is 2.25. The van der Waals surface area contributed by atoms with Gasteiger partial charge in [-0.2, -0.15) is 0 Å². The second kappa shape index (κ2) is 4.24. The van der Waals surface area contributed by atoms with Gasteiger partial charge in [0.2, 0.25) is 0 Å². The second-order valence-electron chi connectivity index (χ2n) is 4.41. The summed E-state index contributed by atoms with van der Waals surface area (Å²) in [5.41, 5.74) is 2.93. The highest BCUT2D eigenvalue weighted by molar-refractivity contribution is 6.04. The van der Waals surface area contributed by atoms with Crippen LogP contribution < -0.4 is 5.32 Å². The van der Waals surface area contributed by atoms with Gasteiger partial charge in [0.05, 0.1) is 5.56 Å². The first-order valence-corrected chi connectivity index (χ1v) is 5.90. The number of carbonyl (C=O) groups is 2. The normalized spacial score (nSPS) is 12.9. The van der Waals surface area contributed by atoms with Crippen LogP contribution in [0.5, 0.6) is 0 Å². The Morgan fingerprint density at radius 1 is 1.11 bits per heavy atom. The number of carbonyl (C=O) groups excluding carboxylic acids is 1. The van der Waals surface area contributed by atoms with Crippen LogP contribution in [0.25, 0.3) is 11.1 Å². The fourth-order valence-electron chi connectivity index (χ4n) is 2.31. The van der Waals surface area contributed by atoms with Gasteiger partial charge in [0.15, 0.2) is 0 Å². The van der Waals surface area contributed by atoms with Gasteiger partial charge in [-0.3, -0.25) is 4.79 Å². The average molecular weight is 253 g/mol. The third kappa shape index (κ3) is 1.87. The zero-order chi connectivity index (χ0) is 13.4. The van der Waals surface area contributed by atoms with Crippen LogP contribution in [0.1, 0.15) is 26.3 Å². The molecular weight excluding hydrogens is 242 g/mol. The monoisotopic (exact) mass is 253 g/mol. The number of hydrogen-bond donors (Lipinski definition) is 2. The highest BCUT2D eigenvalue weighted by atomic mass is 16.4. The van der Waals surface area contributed by atoms with Crippen molar-refractivity contribution in [3.63, 3.8) is 0 Å². The smallest absolute Gasteiger partial charge is 0.336 e. The van der Waals surface area contributed by atoms with Crippen molar-refractivity contribution in [1.29, 1.82) is 0 Å². The summed E-state index contributed by atoms with van der Waals surface area (Å²) >= 11 is 0. The zero-order valence-corrected chi connectivity index (χ0v) is 10.0. The summed E-state index contributed by atoms with van der Waals surface area (Å²) in [6.45, 7) is 0.452. The molecule has 19 heavy (non-hydrogen) atoms. The van der Waals surface area contributed by atoms with Gasteiger partial charge >= 0.3 is 5.97 Å². The molecule has 2 aromatic rings. The van der Waals surface area contributed by atoms with Crippen molar-refractivity contribution >= 4 is 11.9 Å². The molecule has 94 valence electrons. The molecule has 0 saturated carbocycles. The lowest BCUT2D eigenvalue weighted by Crippen LogP contribution is -2.12. The molecule has 2 aromatic carbocycles. The van der Waals surface area contributed by atoms with E-state index in [1.165, 1.54) is 6.07 Å². The Morgan fingerprint density at radius 3 is 2.53 bits per heavy atom. The molecule has 0 unspecified atom stereocenters. The number of benzene rings is 2. The van der Waals surface area contributed by atoms with Crippen molar-refractivity contribution in [3.8, 4) is 11.1 Å². The molecule has 0 bridgehead atoms. The van der Waals surface area contributed by atoms with Gasteiger partial charge in [0.25, 0.3) is 5.91 Å². The van der Waals surface area contributed by atoms with Crippen molar-refractivity contribution < 1.29 is 14.7 Å². The molecule has 1 aliphatic heterocycles. The second-order valence-corrected chi connectivity index (χ2v) is 4.41. The minimum Gasteiger partial charge on any atom is -0.478 e. The van der Waals surface area contributed by atoms with Gasteiger partial charge in [-0.25, -0.2) is 4.79 Å². The van der Waals surface area contributed by atoms with Gasteiger partial charge in [-0.05, 0) is 28.8 Å². The average Bonchev–Trinajstić information content (AvgIpc) is 2.79. The van der Waals surface area contributed by atoms with Crippen molar-refractivity contribution in [2.45, 2.75) is 6.54 Å². The summed E-state index contributed by atoms with van der Waals surface area (Å²) in [4.78, 5) is 23.0. The number of rotatable bonds is 2. The molecule has 3 rings (SSSR count). The maximum atomic E-state index is 11.6. The molecule has 1 heterocycles. The maximum absolute atomic E-state index is 11.6. The van der Waals surface area contributed by atoms with E-state index in [1.54, 1.807) is 6.07 Å². The summed E-state index contributed by atoms with van der Waals surface area (Å²) in [5.74, 6) is -1.24. The number of amides is 1. The molecule has 4 heteroatoms. The van der Waals surface area contributed by atoms with Crippen LogP contribution in [-0.2, 0) is 6.54 Å². The van der Waals surface area contributed by atoms with Crippen molar-refractivity contribution in [1.82, 2.24) is 5.32 Å². The first-order chi connectivity index (χ1) is 9.16. The molecule has 4 nitrogen and oxygen atoms in total. The summed E-state index contributed by atoms with van der Waals surface area (Å²) in [5, 5.41) is 12.0. The van der Waals surface area contributed by atoms with E-state index in [2.05, 4.69) is 5.32 Å². The standard InChI is InChI=1S/C15H11NO3/c17-14-12-7-13(15(18)19)11(6-10(12)8-16-14)9-4-2-1-3-5-9/h1-7H,8H2,(H,16,17)(H,18,19). The van der Waals surface area contributed by atoms with Gasteiger partial charge in [-0.1, -0.05) is 30.3 Å². The maximum Gasteiger partial charge on any atom is 0.336 e. The van der Waals surface area contributed by atoms with Crippen LogP contribution >= 0.6 is 0 Å². The van der Waals surface area contributed by atoms with E-state index in [4.69, 9.17) is 0 Å². The van der Waals surface area contributed by atoms with E-state index in [-0.39, 0.29) is 11.5 Å². The third-order valence-electron chi connectivity index (χ3n) is 3.24. The molecule has 2 N–H and O–H groups in total. The quantitative estimate of drug-likeness (QED) is 0.863. The first kappa shape index (κ1) is 11.5. The lowest BCUT2D eigenvalue weighted by atomic mass is 9.94. The number of carboxylic acids is 1. The SMILES string of the molecule is O=C1NCc2cc(-c3ccccc3)c(C(=O)O)cc21. The predicted octanol–water partition coefficient (Wildman–Crippen LogP) is 2.30. The third-order valence-corrected chi connectivity index (χ3v) is 3.24. The molecule has 1 amide bonds. The molecule has 0 aliphatic carbocycles. The van der Waals surface area contributed by atoms with E-state index in [9.17, 15) is 14.7 Å². The lowest BCUT2D eigenvalue weighted by molar-refractivity contribution is 0.0697. The van der Waals surface area contributed by atoms with E-state index in [0.29, 0.717) is 17.7 Å². The van der Waals surface area contributed by atoms with E-state index < -0.39 is 5.97 Å². The molecule has 0 radical (unpaired) electrons. The number of hydrogen-bond acceptors (Lipinski definition) is 2. The van der Waals surface area contributed by atoms with E-state index in [1.807, 2.05) is 30.3 Å². The molecule has 0 fully saturated rings. The highest BCUT2D eigenvalue weighted by Gasteiger charge is 2.23. The van der Waals surface area contributed by atoms with Crippen LogP contribution in [0.2, 0.25) is 0 Å². The molecule has 0 atom stereocenters. The Morgan fingerprint density at radius 2 is 1.84 bits per heavy atom. The largest absolute Gasteiger partial charge is 0.478 e. The summed E-state index contributed by atoms with van der Waals surface area (Å²) in [6, 6.07) is 12.6. The van der Waals surface area contributed by atoms with Crippen LogP contribution in [0.3, 0.4) is 0 Å². The van der Waals surface area contributed by atoms with Gasteiger partial charge in [-0.15, -0.1) is 0 Å². The molecule has 0 aromatic heterocycles. The fraction of sp³-hybridized carbons (Fsp3) is 0.0667. The Bertz CT molecular complexity index is 677. The van der Waals surface area contributed by atoms with E-state index in [0.717, 1.165) is 11.1 Å². The molecule has 0 spiro atoms. The number of nitrogens with one attached hydrogen (secondary N) is 1. The first-order valence-electron chi connectivity index (χ1n) is 5.90.